The molecule has 98 valence electrons. The first-order valence-corrected chi connectivity index (χ1v) is 7.15. The Labute approximate surface area is 116 Å². The number of nitrogens with zero attached hydrogens (tertiary/aromatic N) is 1. The van der Waals surface area contributed by atoms with Gasteiger partial charge in [0.15, 0.2) is 0 Å². The van der Waals surface area contributed by atoms with Gasteiger partial charge in [0.05, 0.1) is 0 Å². The summed E-state index contributed by atoms with van der Waals surface area (Å²) >= 11 is 3.40. The molecule has 2 unspecified atom stereocenters. The lowest BCUT2D eigenvalue weighted by atomic mass is 10.0. The number of carbonyl (C=O) groups is 1. The van der Waals surface area contributed by atoms with E-state index in [-0.39, 0.29) is 5.91 Å². The third-order valence-electron chi connectivity index (χ3n) is 3.81. The van der Waals surface area contributed by atoms with Gasteiger partial charge in [-0.15, -0.1) is 0 Å². The van der Waals surface area contributed by atoms with E-state index >= 15 is 0 Å². The minimum absolute atomic E-state index is 0.0849. The van der Waals surface area contributed by atoms with Gasteiger partial charge < -0.3 is 10.6 Å². The molecule has 4 heteroatoms. The van der Waals surface area contributed by atoms with Crippen LogP contribution >= 0.6 is 15.9 Å². The topological polar surface area (TPSA) is 46.3 Å². The minimum atomic E-state index is 0.0849. The van der Waals surface area contributed by atoms with E-state index in [1.54, 1.807) is 0 Å². The van der Waals surface area contributed by atoms with Crippen molar-refractivity contribution >= 4 is 21.8 Å². The molecule has 1 aromatic carbocycles. The molecule has 0 aliphatic heterocycles. The van der Waals surface area contributed by atoms with Crippen molar-refractivity contribution in [3.05, 3.63) is 34.3 Å². The van der Waals surface area contributed by atoms with Crippen LogP contribution in [0.25, 0.3) is 0 Å². The fourth-order valence-corrected chi connectivity index (χ4v) is 3.18. The summed E-state index contributed by atoms with van der Waals surface area (Å²) in [5.74, 6) is 0.535. The van der Waals surface area contributed by atoms with E-state index in [1.165, 1.54) is 6.42 Å². The first-order chi connectivity index (χ1) is 8.63. The molecular formula is C14H19BrN2O. The molecule has 1 fully saturated rings. The molecule has 0 saturated heterocycles. The molecule has 3 nitrogen and oxygen atoms in total. The average molecular weight is 311 g/mol. The Hall–Kier alpha value is -0.870. The highest BCUT2D eigenvalue weighted by atomic mass is 79.9. The Kier molecular flexibility index (Phi) is 4.40. The number of carbonyl (C=O) groups excluding carboxylic acids is 1. The van der Waals surface area contributed by atoms with Gasteiger partial charge >= 0.3 is 0 Å². The van der Waals surface area contributed by atoms with Crippen LogP contribution in [0, 0.1) is 5.92 Å². The Morgan fingerprint density at radius 3 is 2.94 bits per heavy atom. The van der Waals surface area contributed by atoms with Crippen LogP contribution in [0.4, 0.5) is 0 Å². The van der Waals surface area contributed by atoms with Gasteiger partial charge in [-0.1, -0.05) is 28.4 Å². The van der Waals surface area contributed by atoms with Crippen molar-refractivity contribution in [1.82, 2.24) is 4.90 Å². The predicted molar refractivity (Wildman–Crippen MR) is 76.4 cm³/mol. The number of halogens is 1. The quantitative estimate of drug-likeness (QED) is 0.933. The van der Waals surface area contributed by atoms with E-state index in [0.29, 0.717) is 18.5 Å². The predicted octanol–water partition coefficient (Wildman–Crippen LogP) is 2.65. The standard InChI is InChI=1S/C14H19BrN2O/c1-17(13-7-3-5-11(13)9-16)14(18)10-4-2-6-12(15)8-10/h2,4,6,8,11,13H,3,5,7,9,16H2,1H3. The van der Waals surface area contributed by atoms with Gasteiger partial charge in [-0.25, -0.2) is 0 Å². The number of hydrogen-bond donors (Lipinski definition) is 1. The van der Waals surface area contributed by atoms with Crippen molar-refractivity contribution in [2.75, 3.05) is 13.6 Å². The molecule has 1 saturated carbocycles. The highest BCUT2D eigenvalue weighted by molar-refractivity contribution is 9.10. The highest BCUT2D eigenvalue weighted by Gasteiger charge is 2.31. The van der Waals surface area contributed by atoms with E-state index in [1.807, 2.05) is 36.2 Å². The maximum absolute atomic E-state index is 12.4. The number of rotatable bonds is 3. The lowest BCUT2D eigenvalue weighted by Gasteiger charge is -2.29. The Bertz CT molecular complexity index is 436. The van der Waals surface area contributed by atoms with E-state index in [4.69, 9.17) is 5.73 Å². The molecule has 0 spiro atoms. The third-order valence-corrected chi connectivity index (χ3v) is 4.30. The summed E-state index contributed by atoms with van der Waals surface area (Å²) in [7, 11) is 1.89. The van der Waals surface area contributed by atoms with E-state index in [2.05, 4.69) is 15.9 Å². The average Bonchev–Trinajstić information content (AvgIpc) is 2.85. The molecule has 2 atom stereocenters. The summed E-state index contributed by atoms with van der Waals surface area (Å²) in [5.41, 5.74) is 6.51. The Morgan fingerprint density at radius 1 is 1.50 bits per heavy atom. The maximum atomic E-state index is 12.4. The van der Waals surface area contributed by atoms with Gasteiger partial charge in [-0.3, -0.25) is 4.79 Å². The molecule has 0 aromatic heterocycles. The first kappa shape index (κ1) is 13.6. The molecule has 2 N–H and O–H groups in total. The van der Waals surface area contributed by atoms with Gasteiger partial charge in [0.1, 0.15) is 0 Å². The zero-order chi connectivity index (χ0) is 13.1. The van der Waals surface area contributed by atoms with Gasteiger partial charge in [-0.05, 0) is 43.5 Å². The lowest BCUT2D eigenvalue weighted by molar-refractivity contribution is 0.0700. The molecule has 0 bridgehead atoms. The lowest BCUT2D eigenvalue weighted by Crippen LogP contribution is -2.41. The molecule has 1 amide bonds. The van der Waals surface area contributed by atoms with Crippen molar-refractivity contribution in [1.29, 1.82) is 0 Å². The Morgan fingerprint density at radius 2 is 2.28 bits per heavy atom. The SMILES string of the molecule is CN(C(=O)c1cccc(Br)c1)C1CCCC1CN. The van der Waals surface area contributed by atoms with Crippen molar-refractivity contribution in [3.8, 4) is 0 Å². The van der Waals surface area contributed by atoms with E-state index in [9.17, 15) is 4.79 Å². The summed E-state index contributed by atoms with van der Waals surface area (Å²) in [6.07, 6.45) is 3.37. The molecule has 1 aliphatic carbocycles. The van der Waals surface area contributed by atoms with Crippen LogP contribution in [0.3, 0.4) is 0 Å². The second kappa shape index (κ2) is 5.85. The monoisotopic (exact) mass is 310 g/mol. The zero-order valence-electron chi connectivity index (χ0n) is 10.6. The largest absolute Gasteiger partial charge is 0.338 e. The van der Waals surface area contributed by atoms with Gasteiger partial charge in [0.2, 0.25) is 0 Å². The fraction of sp³-hybridized carbons (Fsp3) is 0.500. The molecule has 18 heavy (non-hydrogen) atoms. The molecule has 0 heterocycles. The van der Waals surface area contributed by atoms with Gasteiger partial charge in [0, 0.05) is 23.1 Å². The van der Waals surface area contributed by atoms with E-state index < -0.39 is 0 Å². The summed E-state index contributed by atoms with van der Waals surface area (Å²) < 4.78 is 0.934. The second-order valence-corrected chi connectivity index (χ2v) is 5.84. The van der Waals surface area contributed by atoms with Crippen LogP contribution in [0.15, 0.2) is 28.7 Å². The molecular weight excluding hydrogens is 292 g/mol. The van der Waals surface area contributed by atoms with Gasteiger partial charge in [-0.2, -0.15) is 0 Å². The summed E-state index contributed by atoms with van der Waals surface area (Å²) in [5, 5.41) is 0. The molecule has 1 aromatic rings. The van der Waals surface area contributed by atoms with Crippen molar-refractivity contribution in [2.24, 2.45) is 11.7 Å². The van der Waals surface area contributed by atoms with Crippen LogP contribution < -0.4 is 5.73 Å². The zero-order valence-corrected chi connectivity index (χ0v) is 12.2. The number of hydrogen-bond acceptors (Lipinski definition) is 2. The van der Waals surface area contributed by atoms with Crippen LogP contribution in [0.1, 0.15) is 29.6 Å². The summed E-state index contributed by atoms with van der Waals surface area (Å²) in [6.45, 7) is 0.667. The van der Waals surface area contributed by atoms with Crippen LogP contribution in [0.2, 0.25) is 0 Å². The maximum Gasteiger partial charge on any atom is 0.253 e. The summed E-state index contributed by atoms with van der Waals surface area (Å²) in [6, 6.07) is 7.83. The Balaban J connectivity index is 2.13. The van der Waals surface area contributed by atoms with Crippen LogP contribution in [-0.2, 0) is 0 Å². The molecule has 1 aliphatic rings. The smallest absolute Gasteiger partial charge is 0.253 e. The molecule has 0 radical (unpaired) electrons. The molecule has 2 rings (SSSR count). The third kappa shape index (κ3) is 2.75. The van der Waals surface area contributed by atoms with Crippen molar-refractivity contribution in [3.63, 3.8) is 0 Å². The van der Waals surface area contributed by atoms with Crippen molar-refractivity contribution < 1.29 is 4.79 Å². The fourth-order valence-electron chi connectivity index (χ4n) is 2.78. The van der Waals surface area contributed by atoms with Crippen LogP contribution in [-0.4, -0.2) is 30.4 Å². The first-order valence-electron chi connectivity index (χ1n) is 6.36. The van der Waals surface area contributed by atoms with Crippen LogP contribution in [0.5, 0.6) is 0 Å². The summed E-state index contributed by atoms with van der Waals surface area (Å²) in [4.78, 5) is 14.3. The van der Waals surface area contributed by atoms with E-state index in [0.717, 1.165) is 22.9 Å². The minimum Gasteiger partial charge on any atom is -0.338 e. The van der Waals surface area contributed by atoms with Crippen molar-refractivity contribution in [2.45, 2.75) is 25.3 Å². The number of benzene rings is 1. The normalized spacial score (nSPS) is 23.1. The second-order valence-electron chi connectivity index (χ2n) is 4.92. The number of amides is 1. The number of nitrogens with two attached hydrogens (primary N) is 1. The highest BCUT2D eigenvalue weighted by Crippen LogP contribution is 2.29. The van der Waals surface area contributed by atoms with Gasteiger partial charge in [0.25, 0.3) is 5.91 Å².